The highest BCUT2D eigenvalue weighted by Crippen LogP contribution is 2.31. The second-order valence-corrected chi connectivity index (χ2v) is 7.20. The molecule has 0 unspecified atom stereocenters. The third-order valence-corrected chi connectivity index (χ3v) is 5.23. The van der Waals surface area contributed by atoms with Gasteiger partial charge in [0.05, 0.1) is 13.5 Å². The predicted octanol–water partition coefficient (Wildman–Crippen LogP) is 4.36. The molecule has 4 rings (SSSR count). The summed E-state index contributed by atoms with van der Waals surface area (Å²) >= 11 is 0. The van der Waals surface area contributed by atoms with E-state index in [1.165, 1.54) is 12.1 Å². The van der Waals surface area contributed by atoms with Crippen LogP contribution in [0.15, 0.2) is 42.5 Å². The molecule has 4 nitrogen and oxygen atoms in total. The van der Waals surface area contributed by atoms with Crippen molar-refractivity contribution in [2.75, 3.05) is 7.11 Å². The first-order valence-electron chi connectivity index (χ1n) is 9.24. The van der Waals surface area contributed by atoms with Gasteiger partial charge in [-0.05, 0) is 61.2 Å². The lowest BCUT2D eigenvalue weighted by Gasteiger charge is -2.23. The number of benzene rings is 2. The van der Waals surface area contributed by atoms with Crippen LogP contribution in [0.25, 0.3) is 10.9 Å². The normalized spacial score (nSPS) is 13.7. The Kier molecular flexibility index (Phi) is 4.60. The maximum Gasteiger partial charge on any atom is 0.227 e. The second kappa shape index (κ2) is 7.06. The highest BCUT2D eigenvalue weighted by atomic mass is 19.1. The van der Waals surface area contributed by atoms with Crippen LogP contribution in [0.1, 0.15) is 29.7 Å². The van der Waals surface area contributed by atoms with Crippen molar-refractivity contribution in [2.45, 2.75) is 38.8 Å². The van der Waals surface area contributed by atoms with Gasteiger partial charge in [-0.2, -0.15) is 0 Å². The molecule has 140 valence electrons. The standard InChI is InChI=1S/C22H23FN2O2/c1-14-19(20-11-16(23)5-10-21(20)24-14)12-22(26)25(17-6-7-17)13-15-3-8-18(27-2)9-4-15/h3-5,8-11,17,24H,6-7,12-13H2,1-2H3. The van der Waals surface area contributed by atoms with E-state index in [0.717, 1.165) is 46.3 Å². The summed E-state index contributed by atoms with van der Waals surface area (Å²) in [5, 5.41) is 0.793. The SMILES string of the molecule is COc1ccc(CN(C(=O)Cc2c(C)[nH]c3ccc(F)cc23)C2CC2)cc1. The number of aromatic amines is 1. The zero-order valence-electron chi connectivity index (χ0n) is 15.6. The summed E-state index contributed by atoms with van der Waals surface area (Å²) < 4.78 is 18.9. The summed E-state index contributed by atoms with van der Waals surface area (Å²) in [7, 11) is 1.64. The molecule has 0 radical (unpaired) electrons. The molecule has 1 aliphatic carbocycles. The van der Waals surface area contributed by atoms with Gasteiger partial charge < -0.3 is 14.6 Å². The number of aromatic nitrogens is 1. The highest BCUT2D eigenvalue weighted by Gasteiger charge is 2.33. The van der Waals surface area contributed by atoms with Crippen molar-refractivity contribution >= 4 is 16.8 Å². The summed E-state index contributed by atoms with van der Waals surface area (Å²) in [4.78, 5) is 18.3. The van der Waals surface area contributed by atoms with Crippen LogP contribution in [-0.4, -0.2) is 28.9 Å². The largest absolute Gasteiger partial charge is 0.497 e. The minimum Gasteiger partial charge on any atom is -0.497 e. The van der Waals surface area contributed by atoms with Crippen molar-refractivity contribution in [3.8, 4) is 5.75 Å². The van der Waals surface area contributed by atoms with Gasteiger partial charge in [0.2, 0.25) is 5.91 Å². The molecule has 27 heavy (non-hydrogen) atoms. The number of ether oxygens (including phenoxy) is 1. The zero-order chi connectivity index (χ0) is 19.0. The molecule has 0 spiro atoms. The molecule has 1 saturated carbocycles. The van der Waals surface area contributed by atoms with Gasteiger partial charge in [0.15, 0.2) is 0 Å². The maximum atomic E-state index is 13.7. The number of halogens is 1. The lowest BCUT2D eigenvalue weighted by Crippen LogP contribution is -2.33. The zero-order valence-corrected chi connectivity index (χ0v) is 15.6. The van der Waals surface area contributed by atoms with Crippen LogP contribution < -0.4 is 4.74 Å². The number of nitrogens with one attached hydrogen (secondary N) is 1. The van der Waals surface area contributed by atoms with E-state index in [1.807, 2.05) is 36.1 Å². The minimum absolute atomic E-state index is 0.0848. The first-order chi connectivity index (χ1) is 13.0. The van der Waals surface area contributed by atoms with Gasteiger partial charge in [-0.15, -0.1) is 0 Å². The van der Waals surface area contributed by atoms with Crippen molar-refractivity contribution in [1.29, 1.82) is 0 Å². The molecule has 3 aromatic rings. The fourth-order valence-electron chi connectivity index (χ4n) is 3.57. The number of hydrogen-bond donors (Lipinski definition) is 1. The van der Waals surface area contributed by atoms with Gasteiger partial charge in [-0.3, -0.25) is 4.79 Å². The predicted molar refractivity (Wildman–Crippen MR) is 103 cm³/mol. The molecule has 0 saturated heterocycles. The topological polar surface area (TPSA) is 45.3 Å². The molecule has 2 aromatic carbocycles. The van der Waals surface area contributed by atoms with Gasteiger partial charge in [0.25, 0.3) is 0 Å². The molecule has 5 heteroatoms. The Morgan fingerprint density at radius 1 is 1.22 bits per heavy atom. The van der Waals surface area contributed by atoms with Crippen LogP contribution >= 0.6 is 0 Å². The monoisotopic (exact) mass is 366 g/mol. The van der Waals surface area contributed by atoms with Gasteiger partial charge >= 0.3 is 0 Å². The number of H-pyrrole nitrogens is 1. The van der Waals surface area contributed by atoms with E-state index in [9.17, 15) is 9.18 Å². The number of aryl methyl sites for hydroxylation is 1. The smallest absolute Gasteiger partial charge is 0.227 e. The Morgan fingerprint density at radius 3 is 2.63 bits per heavy atom. The summed E-state index contributed by atoms with van der Waals surface area (Å²) in [6.07, 6.45) is 2.37. The van der Waals surface area contributed by atoms with Crippen molar-refractivity contribution in [3.05, 3.63) is 65.1 Å². The number of nitrogens with zero attached hydrogens (tertiary/aromatic N) is 1. The molecule has 1 aromatic heterocycles. The van der Waals surface area contributed by atoms with Crippen LogP contribution in [0, 0.1) is 12.7 Å². The van der Waals surface area contributed by atoms with Crippen LogP contribution in [0.2, 0.25) is 0 Å². The van der Waals surface area contributed by atoms with E-state index in [2.05, 4.69) is 4.98 Å². The first kappa shape index (κ1) is 17.6. The van der Waals surface area contributed by atoms with Crippen molar-refractivity contribution in [1.82, 2.24) is 9.88 Å². The molecule has 0 atom stereocenters. The average Bonchev–Trinajstić information content (AvgIpc) is 3.46. The van der Waals surface area contributed by atoms with Crippen LogP contribution in [0.4, 0.5) is 4.39 Å². The molecular formula is C22H23FN2O2. The Labute approximate surface area is 157 Å². The summed E-state index contributed by atoms with van der Waals surface area (Å²) in [6, 6.07) is 12.8. The van der Waals surface area contributed by atoms with Crippen molar-refractivity contribution in [3.63, 3.8) is 0 Å². The Balaban J connectivity index is 1.56. The molecule has 1 fully saturated rings. The van der Waals surface area contributed by atoms with Gasteiger partial charge in [0.1, 0.15) is 11.6 Å². The molecule has 1 N–H and O–H groups in total. The molecule has 1 aliphatic rings. The average molecular weight is 366 g/mol. The summed E-state index contributed by atoms with van der Waals surface area (Å²) in [5.74, 6) is 0.605. The lowest BCUT2D eigenvalue weighted by molar-refractivity contribution is -0.131. The number of carbonyl (C=O) groups is 1. The van der Waals surface area contributed by atoms with Crippen LogP contribution in [0.5, 0.6) is 5.75 Å². The van der Waals surface area contributed by atoms with E-state index in [1.54, 1.807) is 13.2 Å². The van der Waals surface area contributed by atoms with Gasteiger partial charge in [0, 0.05) is 29.2 Å². The molecule has 0 aliphatic heterocycles. The minimum atomic E-state index is -0.285. The number of amides is 1. The number of carbonyl (C=O) groups excluding carboxylic acids is 1. The third kappa shape index (κ3) is 3.68. The van der Waals surface area contributed by atoms with E-state index >= 15 is 0 Å². The molecule has 0 bridgehead atoms. The van der Waals surface area contributed by atoms with Gasteiger partial charge in [-0.25, -0.2) is 4.39 Å². The van der Waals surface area contributed by atoms with E-state index < -0.39 is 0 Å². The van der Waals surface area contributed by atoms with Crippen molar-refractivity contribution < 1.29 is 13.9 Å². The van der Waals surface area contributed by atoms with E-state index in [-0.39, 0.29) is 18.1 Å². The maximum absolute atomic E-state index is 13.7. The molecule has 1 heterocycles. The Bertz CT molecular complexity index is 974. The quantitative estimate of drug-likeness (QED) is 0.705. The van der Waals surface area contributed by atoms with Gasteiger partial charge in [-0.1, -0.05) is 12.1 Å². The van der Waals surface area contributed by atoms with E-state index in [0.29, 0.717) is 12.6 Å². The molecule has 1 amide bonds. The fourth-order valence-corrected chi connectivity index (χ4v) is 3.57. The second-order valence-electron chi connectivity index (χ2n) is 7.20. The first-order valence-corrected chi connectivity index (χ1v) is 9.24. The molecular weight excluding hydrogens is 343 g/mol. The Morgan fingerprint density at radius 2 is 1.96 bits per heavy atom. The lowest BCUT2D eigenvalue weighted by atomic mass is 10.1. The Hall–Kier alpha value is -2.82. The van der Waals surface area contributed by atoms with Crippen LogP contribution in [-0.2, 0) is 17.8 Å². The number of fused-ring (bicyclic) bond motifs is 1. The van der Waals surface area contributed by atoms with Crippen LogP contribution in [0.3, 0.4) is 0 Å². The van der Waals surface area contributed by atoms with Crippen molar-refractivity contribution in [2.24, 2.45) is 0 Å². The number of methoxy groups -OCH3 is 1. The summed E-state index contributed by atoms with van der Waals surface area (Å²) in [5.41, 5.74) is 3.75. The third-order valence-electron chi connectivity index (χ3n) is 5.23. The van der Waals surface area contributed by atoms with E-state index in [4.69, 9.17) is 4.74 Å². The number of hydrogen-bond acceptors (Lipinski definition) is 2. The number of rotatable bonds is 6. The highest BCUT2D eigenvalue weighted by molar-refractivity contribution is 5.90. The fraction of sp³-hybridized carbons (Fsp3) is 0.318. The summed E-state index contributed by atoms with van der Waals surface area (Å²) in [6.45, 7) is 2.52.